The normalized spacial score (nSPS) is 17.8. The van der Waals surface area contributed by atoms with E-state index in [4.69, 9.17) is 4.74 Å². The Hall–Kier alpha value is -2.85. The Labute approximate surface area is 213 Å². The zero-order chi connectivity index (χ0) is 25.5. The number of benzene rings is 3. The molecular formula is C32H35F3O. The third-order valence-electron chi connectivity index (χ3n) is 7.26. The second kappa shape index (κ2) is 12.4. The van der Waals surface area contributed by atoms with E-state index in [1.54, 1.807) is 48.5 Å². The molecule has 0 bridgehead atoms. The molecule has 0 aromatic heterocycles. The van der Waals surface area contributed by atoms with E-state index in [9.17, 15) is 8.78 Å². The van der Waals surface area contributed by atoms with Gasteiger partial charge < -0.3 is 4.74 Å². The number of unbranched alkanes of at least 4 members (excludes halogenated alkanes) is 4. The molecule has 3 aromatic rings. The zero-order valence-electron chi connectivity index (χ0n) is 21.0. The van der Waals surface area contributed by atoms with Gasteiger partial charge in [0.1, 0.15) is 5.82 Å². The highest BCUT2D eigenvalue weighted by Crippen LogP contribution is 2.33. The van der Waals surface area contributed by atoms with Gasteiger partial charge in [0.05, 0.1) is 12.7 Å². The van der Waals surface area contributed by atoms with Crippen LogP contribution in [0.1, 0.15) is 68.9 Å². The molecule has 0 N–H and O–H groups in total. The van der Waals surface area contributed by atoms with Gasteiger partial charge in [-0.15, -0.1) is 6.58 Å². The minimum atomic E-state index is -0.822. The van der Waals surface area contributed by atoms with Gasteiger partial charge in [-0.05, 0) is 54.0 Å². The van der Waals surface area contributed by atoms with Crippen molar-refractivity contribution in [3.05, 3.63) is 95.8 Å². The summed E-state index contributed by atoms with van der Waals surface area (Å²) in [6.07, 6.45) is 9.59. The summed E-state index contributed by atoms with van der Waals surface area (Å²) in [7, 11) is 0. The second-order valence-electron chi connectivity index (χ2n) is 9.76. The van der Waals surface area contributed by atoms with E-state index in [-0.39, 0.29) is 23.4 Å². The van der Waals surface area contributed by atoms with E-state index in [0.717, 1.165) is 44.1 Å². The summed E-state index contributed by atoms with van der Waals surface area (Å²) in [5.41, 5.74) is 3.32. The summed E-state index contributed by atoms with van der Waals surface area (Å²) >= 11 is 0. The van der Waals surface area contributed by atoms with Gasteiger partial charge in [0.25, 0.3) is 0 Å². The highest BCUT2D eigenvalue weighted by Gasteiger charge is 2.22. The van der Waals surface area contributed by atoms with E-state index in [2.05, 4.69) is 13.5 Å². The first kappa shape index (κ1) is 26.2. The summed E-state index contributed by atoms with van der Waals surface area (Å²) in [6.45, 7) is 6.49. The number of ether oxygens (including phenoxy) is 1. The molecule has 0 saturated carbocycles. The van der Waals surface area contributed by atoms with Gasteiger partial charge in [-0.1, -0.05) is 87.2 Å². The fraction of sp³-hybridized carbons (Fsp3) is 0.375. The highest BCUT2D eigenvalue weighted by atomic mass is 19.2. The molecule has 1 nitrogen and oxygen atoms in total. The van der Waals surface area contributed by atoms with Crippen molar-refractivity contribution < 1.29 is 17.9 Å². The van der Waals surface area contributed by atoms with Gasteiger partial charge in [-0.25, -0.2) is 13.2 Å². The SMILES string of the molecule is C=CC1CCC(c2ccc(-c3ccc(-c4ccc(CCCCCCC)c(F)c4F)cc3)c(F)c2)CO1. The van der Waals surface area contributed by atoms with E-state index in [0.29, 0.717) is 35.3 Å². The molecule has 1 aliphatic rings. The van der Waals surface area contributed by atoms with Crippen molar-refractivity contribution in [2.24, 2.45) is 0 Å². The number of halogens is 3. The molecule has 190 valence electrons. The summed E-state index contributed by atoms with van der Waals surface area (Å²) in [6, 6.07) is 15.6. The second-order valence-corrected chi connectivity index (χ2v) is 9.76. The predicted molar refractivity (Wildman–Crippen MR) is 142 cm³/mol. The first-order valence-electron chi connectivity index (χ1n) is 13.1. The first-order valence-corrected chi connectivity index (χ1v) is 13.1. The molecule has 1 aliphatic heterocycles. The average molecular weight is 493 g/mol. The van der Waals surface area contributed by atoms with Crippen molar-refractivity contribution in [3.63, 3.8) is 0 Å². The minimum Gasteiger partial charge on any atom is -0.374 e. The maximum atomic E-state index is 15.0. The zero-order valence-corrected chi connectivity index (χ0v) is 21.0. The lowest BCUT2D eigenvalue weighted by Gasteiger charge is -2.27. The average Bonchev–Trinajstić information content (AvgIpc) is 2.91. The fourth-order valence-electron chi connectivity index (χ4n) is 4.99. The van der Waals surface area contributed by atoms with Crippen LogP contribution in [0.4, 0.5) is 13.2 Å². The van der Waals surface area contributed by atoms with Crippen LogP contribution < -0.4 is 0 Å². The Morgan fingerprint density at radius 3 is 2.17 bits per heavy atom. The van der Waals surface area contributed by atoms with E-state index >= 15 is 4.39 Å². The van der Waals surface area contributed by atoms with E-state index in [1.807, 2.05) is 12.1 Å². The van der Waals surface area contributed by atoms with Gasteiger partial charge in [-0.2, -0.15) is 0 Å². The van der Waals surface area contributed by atoms with Gasteiger partial charge in [0, 0.05) is 17.0 Å². The van der Waals surface area contributed by atoms with Crippen LogP contribution in [0.3, 0.4) is 0 Å². The Kier molecular flexibility index (Phi) is 9.03. The molecule has 0 spiro atoms. The van der Waals surface area contributed by atoms with Crippen molar-refractivity contribution in [1.82, 2.24) is 0 Å². The molecule has 1 heterocycles. The minimum absolute atomic E-state index is 0.0777. The third kappa shape index (κ3) is 6.10. The van der Waals surface area contributed by atoms with Crippen LogP contribution in [-0.2, 0) is 11.2 Å². The molecule has 2 atom stereocenters. The van der Waals surface area contributed by atoms with E-state index < -0.39 is 11.6 Å². The molecule has 0 aliphatic carbocycles. The van der Waals surface area contributed by atoms with Gasteiger partial charge in [0.15, 0.2) is 11.6 Å². The lowest BCUT2D eigenvalue weighted by Crippen LogP contribution is -2.23. The molecule has 4 heteroatoms. The maximum Gasteiger partial charge on any atom is 0.166 e. The van der Waals surface area contributed by atoms with Crippen molar-refractivity contribution in [2.45, 2.75) is 70.3 Å². The van der Waals surface area contributed by atoms with Crippen LogP contribution in [-0.4, -0.2) is 12.7 Å². The Balaban J connectivity index is 1.45. The topological polar surface area (TPSA) is 9.23 Å². The molecule has 0 radical (unpaired) electrons. The van der Waals surface area contributed by atoms with Gasteiger partial charge in [0.2, 0.25) is 0 Å². The number of aryl methyl sites for hydroxylation is 1. The standard InChI is InChI=1S/C32H35F3O/c1-3-5-6-7-8-9-24-15-19-29(32(35)31(24)34)23-12-10-22(11-13-23)28-18-16-25(20-30(28)33)26-14-17-27(4-2)36-21-26/h4,10-13,15-16,18-20,26-27H,2-3,5-9,14,17,21H2,1H3. The smallest absolute Gasteiger partial charge is 0.166 e. The summed E-state index contributed by atoms with van der Waals surface area (Å²) < 4.78 is 50.4. The quantitative estimate of drug-likeness (QED) is 0.202. The van der Waals surface area contributed by atoms with Gasteiger partial charge in [-0.3, -0.25) is 0 Å². The monoisotopic (exact) mass is 492 g/mol. The van der Waals surface area contributed by atoms with Crippen molar-refractivity contribution >= 4 is 0 Å². The molecule has 3 aromatic carbocycles. The van der Waals surface area contributed by atoms with Crippen molar-refractivity contribution in [3.8, 4) is 22.3 Å². The van der Waals surface area contributed by atoms with Crippen LogP contribution in [0.2, 0.25) is 0 Å². The maximum absolute atomic E-state index is 15.0. The highest BCUT2D eigenvalue weighted by molar-refractivity contribution is 5.71. The predicted octanol–water partition coefficient (Wildman–Crippen LogP) is 9.40. The largest absolute Gasteiger partial charge is 0.374 e. The Morgan fingerprint density at radius 2 is 1.53 bits per heavy atom. The molecule has 36 heavy (non-hydrogen) atoms. The molecule has 2 unspecified atom stereocenters. The van der Waals surface area contributed by atoms with Gasteiger partial charge >= 0.3 is 0 Å². The lowest BCUT2D eigenvalue weighted by molar-refractivity contribution is 0.0328. The Morgan fingerprint density at radius 1 is 0.833 bits per heavy atom. The molecule has 4 rings (SSSR count). The van der Waals surface area contributed by atoms with Crippen LogP contribution in [0.25, 0.3) is 22.3 Å². The first-order chi connectivity index (χ1) is 17.5. The van der Waals surface area contributed by atoms with Crippen LogP contribution in [0.15, 0.2) is 67.3 Å². The van der Waals surface area contributed by atoms with E-state index in [1.165, 1.54) is 6.42 Å². The molecule has 0 amide bonds. The lowest BCUT2D eigenvalue weighted by atomic mass is 9.90. The summed E-state index contributed by atoms with van der Waals surface area (Å²) in [5, 5.41) is 0. The summed E-state index contributed by atoms with van der Waals surface area (Å²) in [4.78, 5) is 0. The van der Waals surface area contributed by atoms with Crippen LogP contribution in [0.5, 0.6) is 0 Å². The fourth-order valence-corrected chi connectivity index (χ4v) is 4.99. The van der Waals surface area contributed by atoms with Crippen LogP contribution >= 0.6 is 0 Å². The molecule has 1 saturated heterocycles. The van der Waals surface area contributed by atoms with Crippen molar-refractivity contribution in [1.29, 1.82) is 0 Å². The molecular weight excluding hydrogens is 457 g/mol. The number of rotatable bonds is 10. The Bertz CT molecular complexity index is 1160. The number of hydrogen-bond donors (Lipinski definition) is 0. The summed E-state index contributed by atoms with van der Waals surface area (Å²) in [5.74, 6) is -1.71. The molecule has 1 fully saturated rings. The number of hydrogen-bond acceptors (Lipinski definition) is 1. The van der Waals surface area contributed by atoms with Crippen LogP contribution in [0, 0.1) is 17.5 Å². The van der Waals surface area contributed by atoms with Crippen molar-refractivity contribution in [2.75, 3.05) is 6.61 Å². The third-order valence-corrected chi connectivity index (χ3v) is 7.26.